The standard InChI is InChI=1S/C20H26N4O2/c1-3-13(4-2)20(25)24-16-5-6-17(24)12-15(11-16)19-22-18(23-26-19)14-7-9-21-10-8-14/h7-10,13,15-17H,3-6,11-12H2,1-2H3/t15?,16-,17+. The fourth-order valence-corrected chi connectivity index (χ4v) is 4.61. The second-order valence-electron chi connectivity index (χ2n) is 7.50. The van der Waals surface area contributed by atoms with E-state index in [1.165, 1.54) is 0 Å². The van der Waals surface area contributed by atoms with Crippen molar-refractivity contribution in [1.29, 1.82) is 0 Å². The van der Waals surface area contributed by atoms with Crippen molar-refractivity contribution in [1.82, 2.24) is 20.0 Å². The summed E-state index contributed by atoms with van der Waals surface area (Å²) in [6.07, 6.45) is 9.36. The number of aromatic nitrogens is 3. The summed E-state index contributed by atoms with van der Waals surface area (Å²) < 4.78 is 5.58. The molecule has 1 unspecified atom stereocenters. The van der Waals surface area contributed by atoms with Gasteiger partial charge in [0, 0.05) is 41.9 Å². The minimum atomic E-state index is 0.163. The largest absolute Gasteiger partial charge is 0.339 e. The average Bonchev–Trinajstić information content (AvgIpc) is 3.26. The fraction of sp³-hybridized carbons (Fsp3) is 0.600. The lowest BCUT2D eigenvalue weighted by atomic mass is 9.88. The Morgan fingerprint density at radius 3 is 2.46 bits per heavy atom. The van der Waals surface area contributed by atoms with Gasteiger partial charge in [-0.2, -0.15) is 4.98 Å². The summed E-state index contributed by atoms with van der Waals surface area (Å²) in [4.78, 5) is 23.8. The third-order valence-corrected chi connectivity index (χ3v) is 6.05. The number of nitrogens with zero attached hydrogens (tertiary/aromatic N) is 4. The van der Waals surface area contributed by atoms with Crippen molar-refractivity contribution in [2.45, 2.75) is 70.4 Å². The molecule has 2 aromatic rings. The van der Waals surface area contributed by atoms with Gasteiger partial charge in [0.15, 0.2) is 0 Å². The van der Waals surface area contributed by atoms with E-state index in [0.29, 0.717) is 29.7 Å². The second kappa shape index (κ2) is 7.17. The molecule has 3 atom stereocenters. The van der Waals surface area contributed by atoms with Gasteiger partial charge in [0.05, 0.1) is 0 Å². The number of carbonyl (C=O) groups is 1. The lowest BCUT2D eigenvalue weighted by Crippen LogP contribution is -2.48. The van der Waals surface area contributed by atoms with Crippen molar-refractivity contribution >= 4 is 5.91 Å². The highest BCUT2D eigenvalue weighted by atomic mass is 16.5. The van der Waals surface area contributed by atoms with Gasteiger partial charge in [0.25, 0.3) is 0 Å². The van der Waals surface area contributed by atoms with Crippen LogP contribution in [-0.4, -0.2) is 38.0 Å². The lowest BCUT2D eigenvalue weighted by molar-refractivity contribution is -0.140. The Labute approximate surface area is 154 Å². The van der Waals surface area contributed by atoms with Crippen LogP contribution in [0, 0.1) is 5.92 Å². The van der Waals surface area contributed by atoms with Crippen molar-refractivity contribution in [2.24, 2.45) is 5.92 Å². The Bertz CT molecular complexity index is 742. The van der Waals surface area contributed by atoms with Crippen LogP contribution in [-0.2, 0) is 4.79 Å². The van der Waals surface area contributed by atoms with E-state index in [2.05, 4.69) is 33.9 Å². The van der Waals surface area contributed by atoms with Crippen LogP contribution in [0.1, 0.15) is 64.2 Å². The van der Waals surface area contributed by atoms with Crippen molar-refractivity contribution in [2.75, 3.05) is 0 Å². The summed E-state index contributed by atoms with van der Waals surface area (Å²) in [5, 5.41) is 4.15. The van der Waals surface area contributed by atoms with Gasteiger partial charge in [-0.25, -0.2) is 0 Å². The summed E-state index contributed by atoms with van der Waals surface area (Å²) in [5.74, 6) is 2.09. The number of carbonyl (C=O) groups excluding carboxylic acids is 1. The number of hydrogen-bond acceptors (Lipinski definition) is 5. The van der Waals surface area contributed by atoms with E-state index in [0.717, 1.165) is 44.1 Å². The molecule has 0 aromatic carbocycles. The first-order valence-electron chi connectivity index (χ1n) is 9.77. The predicted molar refractivity (Wildman–Crippen MR) is 97.2 cm³/mol. The van der Waals surface area contributed by atoms with E-state index in [1.807, 2.05) is 12.1 Å². The summed E-state index contributed by atoms with van der Waals surface area (Å²) in [5.41, 5.74) is 0.916. The van der Waals surface area contributed by atoms with Crippen LogP contribution in [0.4, 0.5) is 0 Å². The first-order valence-corrected chi connectivity index (χ1v) is 9.77. The Kier molecular flexibility index (Phi) is 4.74. The molecule has 26 heavy (non-hydrogen) atoms. The molecule has 4 rings (SSSR count). The van der Waals surface area contributed by atoms with E-state index < -0.39 is 0 Å². The highest BCUT2D eigenvalue weighted by Gasteiger charge is 2.45. The van der Waals surface area contributed by atoms with Gasteiger partial charge in [-0.15, -0.1) is 0 Å². The van der Waals surface area contributed by atoms with E-state index >= 15 is 0 Å². The Morgan fingerprint density at radius 1 is 1.19 bits per heavy atom. The van der Waals surface area contributed by atoms with Gasteiger partial charge in [-0.3, -0.25) is 9.78 Å². The second-order valence-corrected chi connectivity index (χ2v) is 7.50. The van der Waals surface area contributed by atoms with E-state index in [-0.39, 0.29) is 11.8 Å². The molecule has 4 heterocycles. The maximum absolute atomic E-state index is 12.9. The Morgan fingerprint density at radius 2 is 1.85 bits per heavy atom. The van der Waals surface area contributed by atoms with Crippen LogP contribution in [0.5, 0.6) is 0 Å². The van der Waals surface area contributed by atoms with Gasteiger partial charge in [-0.05, 0) is 50.7 Å². The number of piperidine rings is 1. The van der Waals surface area contributed by atoms with Crippen LogP contribution in [0.15, 0.2) is 29.0 Å². The molecule has 2 fully saturated rings. The zero-order valence-electron chi connectivity index (χ0n) is 15.5. The highest BCUT2D eigenvalue weighted by molar-refractivity contribution is 5.80. The first-order chi connectivity index (χ1) is 12.7. The van der Waals surface area contributed by atoms with E-state index in [1.54, 1.807) is 12.4 Å². The summed E-state index contributed by atoms with van der Waals surface area (Å²) >= 11 is 0. The predicted octanol–water partition coefficient (Wildman–Crippen LogP) is 3.80. The molecule has 2 aliphatic rings. The Balaban J connectivity index is 1.49. The molecule has 2 aliphatic heterocycles. The number of rotatable bonds is 5. The van der Waals surface area contributed by atoms with Crippen LogP contribution < -0.4 is 0 Å². The molecule has 138 valence electrons. The molecule has 1 amide bonds. The van der Waals surface area contributed by atoms with Crippen LogP contribution in [0.3, 0.4) is 0 Å². The zero-order valence-corrected chi connectivity index (χ0v) is 15.5. The van der Waals surface area contributed by atoms with E-state index in [4.69, 9.17) is 4.52 Å². The van der Waals surface area contributed by atoms with Crippen LogP contribution in [0.2, 0.25) is 0 Å². The van der Waals surface area contributed by atoms with Crippen molar-refractivity contribution in [3.05, 3.63) is 30.4 Å². The minimum Gasteiger partial charge on any atom is -0.339 e. The third-order valence-electron chi connectivity index (χ3n) is 6.05. The number of pyridine rings is 1. The third kappa shape index (κ3) is 3.02. The van der Waals surface area contributed by atoms with E-state index in [9.17, 15) is 4.79 Å². The first kappa shape index (κ1) is 17.2. The lowest BCUT2D eigenvalue weighted by Gasteiger charge is -2.39. The molecule has 2 bridgehead atoms. The average molecular weight is 354 g/mol. The maximum atomic E-state index is 12.9. The van der Waals surface area contributed by atoms with Crippen molar-refractivity contribution in [3.63, 3.8) is 0 Å². The topological polar surface area (TPSA) is 72.1 Å². The number of amides is 1. The number of hydrogen-bond donors (Lipinski definition) is 0. The molecule has 0 aliphatic carbocycles. The van der Waals surface area contributed by atoms with Crippen molar-refractivity contribution < 1.29 is 9.32 Å². The van der Waals surface area contributed by atoms with Crippen LogP contribution >= 0.6 is 0 Å². The summed E-state index contributed by atoms with van der Waals surface area (Å²) in [6, 6.07) is 4.41. The van der Waals surface area contributed by atoms with Gasteiger partial charge in [0.2, 0.25) is 17.6 Å². The molecular formula is C20H26N4O2. The van der Waals surface area contributed by atoms with Gasteiger partial charge >= 0.3 is 0 Å². The van der Waals surface area contributed by atoms with Crippen molar-refractivity contribution in [3.8, 4) is 11.4 Å². The normalized spacial score (nSPS) is 25.0. The highest BCUT2D eigenvalue weighted by Crippen LogP contribution is 2.43. The number of fused-ring (bicyclic) bond motifs is 2. The smallest absolute Gasteiger partial charge is 0.230 e. The molecule has 2 aromatic heterocycles. The quantitative estimate of drug-likeness (QED) is 0.816. The summed E-state index contributed by atoms with van der Waals surface area (Å²) in [6.45, 7) is 4.22. The molecule has 6 heteroatoms. The SMILES string of the molecule is CCC(CC)C(=O)N1[C@@H]2CC[C@H]1CC(c1nc(-c3ccncc3)no1)C2. The molecule has 0 N–H and O–H groups in total. The molecular weight excluding hydrogens is 328 g/mol. The maximum Gasteiger partial charge on any atom is 0.230 e. The monoisotopic (exact) mass is 354 g/mol. The molecule has 2 saturated heterocycles. The Hall–Kier alpha value is -2.24. The molecule has 6 nitrogen and oxygen atoms in total. The molecule has 0 spiro atoms. The van der Waals surface area contributed by atoms with Gasteiger partial charge < -0.3 is 9.42 Å². The fourth-order valence-electron chi connectivity index (χ4n) is 4.61. The molecule has 0 radical (unpaired) electrons. The summed E-state index contributed by atoms with van der Waals surface area (Å²) in [7, 11) is 0. The van der Waals surface area contributed by atoms with Gasteiger partial charge in [0.1, 0.15) is 0 Å². The zero-order chi connectivity index (χ0) is 18.1. The minimum absolute atomic E-state index is 0.163. The van der Waals surface area contributed by atoms with Gasteiger partial charge in [-0.1, -0.05) is 19.0 Å². The van der Waals surface area contributed by atoms with Crippen LogP contribution in [0.25, 0.3) is 11.4 Å². The molecule has 0 saturated carbocycles.